The van der Waals surface area contributed by atoms with E-state index in [1.54, 1.807) is 0 Å². The number of rotatable bonds is 3. The summed E-state index contributed by atoms with van der Waals surface area (Å²) in [6, 6.07) is 8.83. The molecule has 0 aromatic heterocycles. The summed E-state index contributed by atoms with van der Waals surface area (Å²) in [5.41, 5.74) is 0.399. The maximum absolute atomic E-state index is 13.3. The van der Waals surface area contributed by atoms with Crippen molar-refractivity contribution in [3.63, 3.8) is 0 Å². The van der Waals surface area contributed by atoms with Crippen LogP contribution < -0.4 is 0 Å². The minimum absolute atomic E-state index is 0.164. The highest BCUT2D eigenvalue weighted by Gasteiger charge is 2.17. The van der Waals surface area contributed by atoms with Crippen molar-refractivity contribution in [2.24, 2.45) is 0 Å². The van der Waals surface area contributed by atoms with Crippen LogP contribution in [0.25, 0.3) is 0 Å². The van der Waals surface area contributed by atoms with Crippen LogP contribution in [0.4, 0.5) is 13.2 Å². The molecule has 0 fully saturated rings. The normalized spacial score (nSPS) is 11.9. The predicted molar refractivity (Wildman–Crippen MR) is 66.7 cm³/mol. The second-order valence-corrected chi connectivity index (χ2v) is 4.29. The lowest BCUT2D eigenvalue weighted by Gasteiger charge is -2.12. The molecule has 0 aliphatic rings. The maximum Gasteiger partial charge on any atom is 0.129 e. The molecule has 0 saturated heterocycles. The number of benzene rings is 2. The number of halogens is 3. The number of nitriles is 1. The van der Waals surface area contributed by atoms with E-state index in [0.29, 0.717) is 5.56 Å². The van der Waals surface area contributed by atoms with Crippen LogP contribution in [0.2, 0.25) is 0 Å². The molecule has 2 aromatic rings. The lowest BCUT2D eigenvalue weighted by molar-refractivity contribution is 0.463. The maximum atomic E-state index is 13.3. The van der Waals surface area contributed by atoms with E-state index in [2.05, 4.69) is 0 Å². The fraction of sp³-hybridized carbons (Fsp3) is 0.133. The third-order valence-electron chi connectivity index (χ3n) is 2.91. The summed E-state index contributed by atoms with van der Waals surface area (Å²) < 4.78 is 39.1. The molecule has 0 spiro atoms. The highest BCUT2D eigenvalue weighted by Crippen LogP contribution is 2.29. The molecule has 102 valence electrons. The molecule has 5 heteroatoms. The van der Waals surface area contributed by atoms with E-state index in [1.165, 1.54) is 18.2 Å². The second kappa shape index (κ2) is 5.66. The standard InChI is InChI=1S/C15H10F3NO/c16-7-11-3-9(1-2-15(11)18)14(8-19)10-4-12(17)6-13(20)5-10/h1-6,14,20H,7H2. The number of alkyl halides is 1. The van der Waals surface area contributed by atoms with Crippen LogP contribution in [0.5, 0.6) is 5.75 Å². The highest BCUT2D eigenvalue weighted by atomic mass is 19.1. The molecular weight excluding hydrogens is 267 g/mol. The van der Waals surface area contributed by atoms with Gasteiger partial charge in [-0.05, 0) is 35.4 Å². The molecule has 0 amide bonds. The van der Waals surface area contributed by atoms with Gasteiger partial charge in [0.15, 0.2) is 0 Å². The topological polar surface area (TPSA) is 44.0 Å². The Kier molecular flexibility index (Phi) is 3.94. The zero-order chi connectivity index (χ0) is 14.7. The number of hydrogen-bond acceptors (Lipinski definition) is 2. The number of hydrogen-bond donors (Lipinski definition) is 1. The van der Waals surface area contributed by atoms with E-state index in [-0.39, 0.29) is 16.9 Å². The molecular formula is C15H10F3NO. The van der Waals surface area contributed by atoms with Crippen molar-refractivity contribution in [1.29, 1.82) is 5.26 Å². The molecule has 20 heavy (non-hydrogen) atoms. The number of phenols is 1. The first-order chi connectivity index (χ1) is 9.55. The Labute approximate surface area is 113 Å². The molecule has 0 heterocycles. The number of phenolic OH excluding ortho intramolecular Hbond substituents is 1. The minimum Gasteiger partial charge on any atom is -0.508 e. The molecule has 0 aliphatic heterocycles. The van der Waals surface area contributed by atoms with E-state index >= 15 is 0 Å². The number of aromatic hydroxyl groups is 1. The molecule has 2 aromatic carbocycles. The van der Waals surface area contributed by atoms with Crippen LogP contribution in [-0.2, 0) is 6.67 Å². The Balaban J connectivity index is 2.50. The Hall–Kier alpha value is -2.48. The molecule has 0 radical (unpaired) electrons. The van der Waals surface area contributed by atoms with Crippen molar-refractivity contribution in [1.82, 2.24) is 0 Å². The van der Waals surface area contributed by atoms with Crippen LogP contribution in [-0.4, -0.2) is 5.11 Å². The second-order valence-electron chi connectivity index (χ2n) is 4.29. The van der Waals surface area contributed by atoms with Crippen LogP contribution in [0, 0.1) is 23.0 Å². The van der Waals surface area contributed by atoms with Gasteiger partial charge in [0.1, 0.15) is 24.1 Å². The zero-order valence-electron chi connectivity index (χ0n) is 10.3. The number of nitrogens with zero attached hydrogens (tertiary/aromatic N) is 1. The molecule has 0 bridgehead atoms. The van der Waals surface area contributed by atoms with Crippen molar-refractivity contribution in [3.05, 3.63) is 64.7 Å². The first kappa shape index (κ1) is 13.9. The molecule has 2 rings (SSSR count). The Morgan fingerprint density at radius 3 is 2.45 bits per heavy atom. The quantitative estimate of drug-likeness (QED) is 0.927. The lowest BCUT2D eigenvalue weighted by Crippen LogP contribution is -2.01. The largest absolute Gasteiger partial charge is 0.508 e. The summed E-state index contributed by atoms with van der Waals surface area (Å²) in [6.45, 7) is -0.994. The van der Waals surface area contributed by atoms with Crippen molar-refractivity contribution in [2.45, 2.75) is 12.6 Å². The van der Waals surface area contributed by atoms with Crippen LogP contribution >= 0.6 is 0 Å². The molecule has 1 atom stereocenters. The third-order valence-corrected chi connectivity index (χ3v) is 2.91. The van der Waals surface area contributed by atoms with E-state index in [4.69, 9.17) is 0 Å². The van der Waals surface area contributed by atoms with Gasteiger partial charge in [0.25, 0.3) is 0 Å². The highest BCUT2D eigenvalue weighted by molar-refractivity contribution is 5.42. The van der Waals surface area contributed by atoms with Gasteiger partial charge in [0.05, 0.1) is 12.0 Å². The van der Waals surface area contributed by atoms with Crippen molar-refractivity contribution >= 4 is 0 Å². The predicted octanol–water partition coefficient (Wildman–Crippen LogP) is 3.80. The average molecular weight is 277 g/mol. The summed E-state index contributed by atoms with van der Waals surface area (Å²) in [4.78, 5) is 0. The fourth-order valence-electron chi connectivity index (χ4n) is 1.98. The summed E-state index contributed by atoms with van der Waals surface area (Å²) >= 11 is 0. The smallest absolute Gasteiger partial charge is 0.129 e. The van der Waals surface area contributed by atoms with E-state index in [0.717, 1.165) is 18.2 Å². The van der Waals surface area contributed by atoms with Gasteiger partial charge in [0.2, 0.25) is 0 Å². The summed E-state index contributed by atoms with van der Waals surface area (Å²) in [6.07, 6.45) is 0. The van der Waals surface area contributed by atoms with Gasteiger partial charge in [-0.2, -0.15) is 5.26 Å². The van der Waals surface area contributed by atoms with Gasteiger partial charge in [0, 0.05) is 11.6 Å². The van der Waals surface area contributed by atoms with E-state index in [9.17, 15) is 23.5 Å². The van der Waals surface area contributed by atoms with Crippen LogP contribution in [0.15, 0.2) is 36.4 Å². The van der Waals surface area contributed by atoms with E-state index in [1.807, 2.05) is 6.07 Å². The Bertz CT molecular complexity index is 659. The summed E-state index contributed by atoms with van der Waals surface area (Å²) in [7, 11) is 0. The molecule has 1 unspecified atom stereocenters. The fourth-order valence-corrected chi connectivity index (χ4v) is 1.98. The third kappa shape index (κ3) is 2.75. The van der Waals surface area contributed by atoms with Crippen LogP contribution in [0.3, 0.4) is 0 Å². The monoisotopic (exact) mass is 277 g/mol. The van der Waals surface area contributed by atoms with Crippen LogP contribution in [0.1, 0.15) is 22.6 Å². The molecule has 0 saturated carbocycles. The van der Waals surface area contributed by atoms with Gasteiger partial charge < -0.3 is 5.11 Å². The van der Waals surface area contributed by atoms with Gasteiger partial charge in [-0.1, -0.05) is 6.07 Å². The Morgan fingerprint density at radius 2 is 1.85 bits per heavy atom. The molecule has 2 nitrogen and oxygen atoms in total. The first-order valence-electron chi connectivity index (χ1n) is 5.78. The van der Waals surface area contributed by atoms with Gasteiger partial charge >= 0.3 is 0 Å². The molecule has 0 aliphatic carbocycles. The van der Waals surface area contributed by atoms with Crippen molar-refractivity contribution in [2.75, 3.05) is 0 Å². The summed E-state index contributed by atoms with van der Waals surface area (Å²) in [5.74, 6) is -2.61. The summed E-state index contributed by atoms with van der Waals surface area (Å²) in [5, 5.41) is 18.6. The average Bonchev–Trinajstić information content (AvgIpc) is 2.40. The zero-order valence-corrected chi connectivity index (χ0v) is 10.3. The first-order valence-corrected chi connectivity index (χ1v) is 5.78. The SMILES string of the molecule is N#CC(c1cc(O)cc(F)c1)c1ccc(F)c(CF)c1. The van der Waals surface area contributed by atoms with Gasteiger partial charge in [-0.25, -0.2) is 13.2 Å². The van der Waals surface area contributed by atoms with E-state index < -0.39 is 24.2 Å². The molecule has 1 N–H and O–H groups in total. The lowest BCUT2D eigenvalue weighted by atomic mass is 9.91. The van der Waals surface area contributed by atoms with Gasteiger partial charge in [-0.3, -0.25) is 0 Å². The minimum atomic E-state index is -0.994. The van der Waals surface area contributed by atoms with Crippen molar-refractivity contribution in [3.8, 4) is 11.8 Å². The van der Waals surface area contributed by atoms with Gasteiger partial charge in [-0.15, -0.1) is 0 Å². The van der Waals surface area contributed by atoms with Crippen molar-refractivity contribution < 1.29 is 18.3 Å². The Morgan fingerprint density at radius 1 is 1.10 bits per heavy atom.